The molecule has 3 aromatic rings. The van der Waals surface area contributed by atoms with Gasteiger partial charge >= 0.3 is 0 Å². The third-order valence-corrected chi connectivity index (χ3v) is 4.05. The number of nitrogens with zero attached hydrogens (tertiary/aromatic N) is 1. The molecule has 4 nitrogen and oxygen atoms in total. The SMILES string of the molecule is O=C(Cc1csc(COc2ccccc2)n1)Nc1ccc(F)cc1. The van der Waals surface area contributed by atoms with Gasteiger partial charge in [0.25, 0.3) is 0 Å². The van der Waals surface area contributed by atoms with Crippen molar-refractivity contribution in [2.75, 3.05) is 5.32 Å². The van der Waals surface area contributed by atoms with E-state index in [1.54, 1.807) is 0 Å². The molecule has 0 unspecified atom stereocenters. The first-order valence-corrected chi connectivity index (χ1v) is 8.23. The lowest BCUT2D eigenvalue weighted by Crippen LogP contribution is -2.14. The van der Waals surface area contributed by atoms with Crippen molar-refractivity contribution in [3.8, 4) is 5.75 Å². The van der Waals surface area contributed by atoms with E-state index in [4.69, 9.17) is 4.74 Å². The van der Waals surface area contributed by atoms with Crippen molar-refractivity contribution in [1.82, 2.24) is 4.98 Å². The molecule has 24 heavy (non-hydrogen) atoms. The lowest BCUT2D eigenvalue weighted by atomic mass is 10.3. The smallest absolute Gasteiger partial charge is 0.230 e. The average Bonchev–Trinajstić information content (AvgIpc) is 3.03. The molecule has 1 amide bonds. The largest absolute Gasteiger partial charge is 0.486 e. The number of thiazole rings is 1. The molecule has 0 atom stereocenters. The number of halogens is 1. The second kappa shape index (κ2) is 7.70. The summed E-state index contributed by atoms with van der Waals surface area (Å²) in [7, 11) is 0. The Kier molecular flexibility index (Phi) is 5.18. The number of ether oxygens (including phenoxy) is 1. The molecule has 0 aliphatic rings. The molecule has 6 heteroatoms. The second-order valence-corrected chi connectivity index (χ2v) is 6.01. The molecule has 1 heterocycles. The number of anilines is 1. The second-order valence-electron chi connectivity index (χ2n) is 5.07. The monoisotopic (exact) mass is 342 g/mol. The summed E-state index contributed by atoms with van der Waals surface area (Å²) in [6.45, 7) is 0.369. The summed E-state index contributed by atoms with van der Waals surface area (Å²) < 4.78 is 18.5. The molecule has 0 saturated carbocycles. The van der Waals surface area contributed by atoms with E-state index >= 15 is 0 Å². The van der Waals surface area contributed by atoms with Crippen molar-refractivity contribution in [2.24, 2.45) is 0 Å². The number of hydrogen-bond donors (Lipinski definition) is 1. The van der Waals surface area contributed by atoms with Crippen LogP contribution >= 0.6 is 11.3 Å². The lowest BCUT2D eigenvalue weighted by Gasteiger charge is -2.04. The molecule has 0 aliphatic heterocycles. The molecule has 1 aromatic heterocycles. The van der Waals surface area contributed by atoms with Crippen LogP contribution in [0.1, 0.15) is 10.7 Å². The topological polar surface area (TPSA) is 51.2 Å². The number of rotatable bonds is 6. The van der Waals surface area contributed by atoms with Gasteiger partial charge in [-0.15, -0.1) is 11.3 Å². The average molecular weight is 342 g/mol. The molecule has 122 valence electrons. The first-order chi connectivity index (χ1) is 11.7. The highest BCUT2D eigenvalue weighted by molar-refractivity contribution is 7.09. The summed E-state index contributed by atoms with van der Waals surface area (Å²) in [5.41, 5.74) is 1.25. The molecule has 3 rings (SSSR count). The van der Waals surface area contributed by atoms with Crippen LogP contribution in [0.25, 0.3) is 0 Å². The molecule has 0 spiro atoms. The highest BCUT2D eigenvalue weighted by Gasteiger charge is 2.09. The highest BCUT2D eigenvalue weighted by atomic mass is 32.1. The van der Waals surface area contributed by atoms with Gasteiger partial charge in [0.1, 0.15) is 23.2 Å². The Morgan fingerprint density at radius 2 is 1.88 bits per heavy atom. The van der Waals surface area contributed by atoms with Crippen LogP contribution in [0.4, 0.5) is 10.1 Å². The van der Waals surface area contributed by atoms with Crippen molar-refractivity contribution in [3.05, 3.63) is 76.5 Å². The summed E-state index contributed by atoms with van der Waals surface area (Å²) in [5.74, 6) is 0.251. The molecular weight excluding hydrogens is 327 g/mol. The van der Waals surface area contributed by atoms with Crippen molar-refractivity contribution >= 4 is 22.9 Å². The van der Waals surface area contributed by atoms with Crippen LogP contribution in [0.5, 0.6) is 5.75 Å². The van der Waals surface area contributed by atoms with Gasteiger partial charge in [-0.25, -0.2) is 9.37 Å². The van der Waals surface area contributed by atoms with Gasteiger partial charge in [-0.3, -0.25) is 4.79 Å². The summed E-state index contributed by atoms with van der Waals surface area (Å²) >= 11 is 1.45. The molecule has 0 fully saturated rings. The fraction of sp³-hybridized carbons (Fsp3) is 0.111. The number of carbonyl (C=O) groups is 1. The van der Waals surface area contributed by atoms with Gasteiger partial charge in [-0.05, 0) is 36.4 Å². The van der Waals surface area contributed by atoms with Crippen LogP contribution < -0.4 is 10.1 Å². The Morgan fingerprint density at radius 1 is 1.12 bits per heavy atom. The standard InChI is InChI=1S/C18H15FN2O2S/c19-13-6-8-14(9-7-13)20-17(22)10-15-12-24-18(21-15)11-23-16-4-2-1-3-5-16/h1-9,12H,10-11H2,(H,20,22). The van der Waals surface area contributed by atoms with Gasteiger partial charge in [0.05, 0.1) is 12.1 Å². The van der Waals surface area contributed by atoms with Crippen LogP contribution in [-0.2, 0) is 17.8 Å². The predicted molar refractivity (Wildman–Crippen MR) is 91.6 cm³/mol. The fourth-order valence-electron chi connectivity index (χ4n) is 2.06. The zero-order valence-electron chi connectivity index (χ0n) is 12.7. The lowest BCUT2D eigenvalue weighted by molar-refractivity contribution is -0.115. The normalized spacial score (nSPS) is 10.4. The van der Waals surface area contributed by atoms with E-state index in [1.807, 2.05) is 35.7 Å². The molecule has 0 saturated heterocycles. The minimum absolute atomic E-state index is 0.166. The maximum absolute atomic E-state index is 12.8. The van der Waals surface area contributed by atoms with Gasteiger partial charge in [0.15, 0.2) is 0 Å². The van der Waals surface area contributed by atoms with E-state index in [0.29, 0.717) is 18.0 Å². The number of para-hydroxylation sites is 1. The molecule has 0 bridgehead atoms. The highest BCUT2D eigenvalue weighted by Crippen LogP contribution is 2.16. The van der Waals surface area contributed by atoms with Crippen molar-refractivity contribution in [1.29, 1.82) is 0 Å². The Balaban J connectivity index is 1.51. The summed E-state index contributed by atoms with van der Waals surface area (Å²) in [6, 6.07) is 15.1. The van der Waals surface area contributed by atoms with E-state index in [0.717, 1.165) is 10.8 Å². The number of benzene rings is 2. The van der Waals surface area contributed by atoms with Crippen LogP contribution in [0.3, 0.4) is 0 Å². The molecule has 0 radical (unpaired) electrons. The minimum Gasteiger partial charge on any atom is -0.486 e. The van der Waals surface area contributed by atoms with E-state index in [-0.39, 0.29) is 18.1 Å². The Bertz CT molecular complexity index is 803. The number of nitrogens with one attached hydrogen (secondary N) is 1. The van der Waals surface area contributed by atoms with E-state index < -0.39 is 0 Å². The first-order valence-electron chi connectivity index (χ1n) is 7.35. The van der Waals surface area contributed by atoms with Gasteiger partial charge < -0.3 is 10.1 Å². The van der Waals surface area contributed by atoms with Gasteiger partial charge in [0.2, 0.25) is 5.91 Å². The van der Waals surface area contributed by atoms with Crippen LogP contribution in [0.15, 0.2) is 60.0 Å². The van der Waals surface area contributed by atoms with E-state index in [2.05, 4.69) is 10.3 Å². The Morgan fingerprint density at radius 3 is 2.62 bits per heavy atom. The number of hydrogen-bond acceptors (Lipinski definition) is 4. The van der Waals surface area contributed by atoms with Crippen LogP contribution in [0.2, 0.25) is 0 Å². The van der Waals surface area contributed by atoms with Crippen molar-refractivity contribution in [3.63, 3.8) is 0 Å². The van der Waals surface area contributed by atoms with Crippen LogP contribution in [0, 0.1) is 5.82 Å². The summed E-state index contributed by atoms with van der Waals surface area (Å²) in [4.78, 5) is 16.4. The zero-order chi connectivity index (χ0) is 16.8. The molecule has 2 aromatic carbocycles. The number of amides is 1. The molecule has 1 N–H and O–H groups in total. The Labute approximate surface area is 142 Å². The van der Waals surface area contributed by atoms with E-state index in [9.17, 15) is 9.18 Å². The van der Waals surface area contributed by atoms with Crippen molar-refractivity contribution < 1.29 is 13.9 Å². The summed E-state index contributed by atoms with van der Waals surface area (Å²) in [5, 5.41) is 5.36. The van der Waals surface area contributed by atoms with Crippen molar-refractivity contribution in [2.45, 2.75) is 13.0 Å². The molecular formula is C18H15FN2O2S. The zero-order valence-corrected chi connectivity index (χ0v) is 13.6. The third-order valence-electron chi connectivity index (χ3n) is 3.17. The maximum atomic E-state index is 12.8. The quantitative estimate of drug-likeness (QED) is 0.735. The minimum atomic E-state index is -0.337. The van der Waals surface area contributed by atoms with Gasteiger partial charge in [-0.2, -0.15) is 0 Å². The summed E-state index contributed by atoms with van der Waals surface area (Å²) in [6.07, 6.45) is 0.166. The molecule has 0 aliphatic carbocycles. The van der Waals surface area contributed by atoms with Gasteiger partial charge in [0, 0.05) is 11.1 Å². The first kappa shape index (κ1) is 16.1. The van der Waals surface area contributed by atoms with Gasteiger partial charge in [-0.1, -0.05) is 18.2 Å². The predicted octanol–water partition coefficient (Wildman–Crippen LogP) is 4.04. The number of carbonyl (C=O) groups excluding carboxylic acids is 1. The third kappa shape index (κ3) is 4.63. The van der Waals surface area contributed by atoms with E-state index in [1.165, 1.54) is 35.6 Å². The Hall–Kier alpha value is -2.73. The fourth-order valence-corrected chi connectivity index (χ4v) is 2.77. The van der Waals surface area contributed by atoms with Crippen LogP contribution in [-0.4, -0.2) is 10.9 Å². The number of aromatic nitrogens is 1. The maximum Gasteiger partial charge on any atom is 0.230 e.